The average molecular weight is 315 g/mol. The summed E-state index contributed by atoms with van der Waals surface area (Å²) in [5.41, 5.74) is 3.67. The van der Waals surface area contributed by atoms with Crippen LogP contribution in [-0.2, 0) is 28.9 Å². The molecule has 1 saturated heterocycles. The fraction of sp³-hybridized carbons (Fsp3) is 0.667. The summed E-state index contributed by atoms with van der Waals surface area (Å²) < 4.78 is 11.6. The SMILES string of the molecule is CCc1nc(NC[C@H]2CCCO2)c(C#N)c2c1COC(C)(C)C2. The largest absolute Gasteiger partial charge is 0.376 e. The van der Waals surface area contributed by atoms with Crippen LogP contribution in [0.15, 0.2) is 0 Å². The Balaban J connectivity index is 1.94. The lowest BCUT2D eigenvalue weighted by Gasteiger charge is -2.33. The summed E-state index contributed by atoms with van der Waals surface area (Å²) in [6.45, 7) is 8.33. The van der Waals surface area contributed by atoms with Gasteiger partial charge in [0.1, 0.15) is 11.9 Å². The molecule has 0 unspecified atom stereocenters. The second-order valence-electron chi connectivity index (χ2n) is 6.95. The lowest BCUT2D eigenvalue weighted by Crippen LogP contribution is -2.33. The van der Waals surface area contributed by atoms with Gasteiger partial charge in [0.15, 0.2) is 0 Å². The van der Waals surface area contributed by atoms with Crippen LogP contribution in [-0.4, -0.2) is 29.8 Å². The lowest BCUT2D eigenvalue weighted by atomic mass is 9.87. The summed E-state index contributed by atoms with van der Waals surface area (Å²) in [7, 11) is 0. The Morgan fingerprint density at radius 3 is 2.87 bits per heavy atom. The molecule has 3 heterocycles. The number of rotatable bonds is 4. The zero-order valence-corrected chi connectivity index (χ0v) is 14.2. The topological polar surface area (TPSA) is 67.2 Å². The highest BCUT2D eigenvalue weighted by Crippen LogP contribution is 2.34. The zero-order valence-electron chi connectivity index (χ0n) is 14.2. The Kier molecular flexibility index (Phi) is 4.56. The van der Waals surface area contributed by atoms with Gasteiger partial charge in [-0.25, -0.2) is 4.98 Å². The molecule has 1 atom stereocenters. The highest BCUT2D eigenvalue weighted by molar-refractivity contribution is 5.60. The molecule has 0 aliphatic carbocycles. The second kappa shape index (κ2) is 6.46. The van der Waals surface area contributed by atoms with Gasteiger partial charge in [0.25, 0.3) is 0 Å². The van der Waals surface area contributed by atoms with Crippen LogP contribution in [0.1, 0.15) is 56.0 Å². The average Bonchev–Trinajstić information content (AvgIpc) is 3.04. The first-order chi connectivity index (χ1) is 11.0. The Hall–Kier alpha value is -1.64. The number of nitrogens with one attached hydrogen (secondary N) is 1. The Morgan fingerprint density at radius 1 is 1.39 bits per heavy atom. The van der Waals surface area contributed by atoms with Crippen molar-refractivity contribution in [3.05, 3.63) is 22.4 Å². The maximum atomic E-state index is 9.70. The molecule has 1 aromatic rings. The Bertz CT molecular complexity index is 628. The molecule has 5 nitrogen and oxygen atoms in total. The third-order valence-electron chi connectivity index (χ3n) is 4.68. The maximum absolute atomic E-state index is 9.70. The maximum Gasteiger partial charge on any atom is 0.144 e. The van der Waals surface area contributed by atoms with Crippen molar-refractivity contribution >= 4 is 5.82 Å². The van der Waals surface area contributed by atoms with E-state index in [1.807, 2.05) is 0 Å². The summed E-state index contributed by atoms with van der Waals surface area (Å²) in [6.07, 6.45) is 3.99. The van der Waals surface area contributed by atoms with Gasteiger partial charge in [0.05, 0.1) is 23.9 Å². The van der Waals surface area contributed by atoms with Gasteiger partial charge >= 0.3 is 0 Å². The number of nitriles is 1. The van der Waals surface area contributed by atoms with E-state index in [-0.39, 0.29) is 11.7 Å². The van der Waals surface area contributed by atoms with Crippen LogP contribution in [0.3, 0.4) is 0 Å². The summed E-state index contributed by atoms with van der Waals surface area (Å²) in [4.78, 5) is 4.71. The fourth-order valence-corrected chi connectivity index (χ4v) is 3.39. The van der Waals surface area contributed by atoms with Gasteiger partial charge in [-0.1, -0.05) is 6.92 Å². The number of pyridine rings is 1. The monoisotopic (exact) mass is 315 g/mol. The van der Waals surface area contributed by atoms with Gasteiger partial charge in [-0.3, -0.25) is 0 Å². The molecule has 0 bridgehead atoms. The van der Waals surface area contributed by atoms with Gasteiger partial charge in [-0.2, -0.15) is 5.26 Å². The van der Waals surface area contributed by atoms with Crippen molar-refractivity contribution in [3.63, 3.8) is 0 Å². The van der Waals surface area contributed by atoms with Crippen LogP contribution in [0.25, 0.3) is 0 Å². The van der Waals surface area contributed by atoms with Crippen molar-refractivity contribution in [3.8, 4) is 6.07 Å². The molecule has 0 aromatic carbocycles. The molecule has 23 heavy (non-hydrogen) atoms. The Labute approximate surface area is 138 Å². The van der Waals surface area contributed by atoms with Crippen molar-refractivity contribution in [1.29, 1.82) is 5.26 Å². The summed E-state index contributed by atoms with van der Waals surface area (Å²) >= 11 is 0. The van der Waals surface area contributed by atoms with Crippen LogP contribution >= 0.6 is 0 Å². The van der Waals surface area contributed by atoms with Crippen LogP contribution < -0.4 is 5.32 Å². The predicted octanol–water partition coefficient (Wildman–Crippen LogP) is 2.96. The summed E-state index contributed by atoms with van der Waals surface area (Å²) in [5, 5.41) is 13.1. The van der Waals surface area contributed by atoms with E-state index in [4.69, 9.17) is 14.5 Å². The van der Waals surface area contributed by atoms with Gasteiger partial charge < -0.3 is 14.8 Å². The molecular formula is C18H25N3O2. The van der Waals surface area contributed by atoms with E-state index >= 15 is 0 Å². The molecular weight excluding hydrogens is 290 g/mol. The minimum Gasteiger partial charge on any atom is -0.376 e. The molecule has 0 amide bonds. The molecule has 1 aromatic heterocycles. The number of nitrogens with zero attached hydrogens (tertiary/aromatic N) is 2. The van der Waals surface area contributed by atoms with Crippen LogP contribution in [0.4, 0.5) is 5.82 Å². The number of aromatic nitrogens is 1. The van der Waals surface area contributed by atoms with Gasteiger partial charge in [0.2, 0.25) is 0 Å². The highest BCUT2D eigenvalue weighted by Gasteiger charge is 2.31. The number of hydrogen-bond donors (Lipinski definition) is 1. The van der Waals surface area contributed by atoms with E-state index in [0.29, 0.717) is 24.5 Å². The van der Waals surface area contributed by atoms with E-state index in [2.05, 4.69) is 32.2 Å². The van der Waals surface area contributed by atoms with E-state index in [1.54, 1.807) is 0 Å². The highest BCUT2D eigenvalue weighted by atomic mass is 16.5. The van der Waals surface area contributed by atoms with Gasteiger partial charge in [0, 0.05) is 30.8 Å². The standard InChI is InChI=1S/C18H25N3O2/c1-4-16-15-11-23-18(2,3)8-13(15)14(9-19)17(21-16)20-10-12-6-5-7-22-12/h12H,4-8,10-11H2,1-3H3,(H,20,21)/t12-/m1/s1. The number of aryl methyl sites for hydroxylation is 1. The van der Waals surface area contributed by atoms with Crippen molar-refractivity contribution in [2.24, 2.45) is 0 Å². The lowest BCUT2D eigenvalue weighted by molar-refractivity contribution is -0.0406. The van der Waals surface area contributed by atoms with Crippen LogP contribution in [0, 0.1) is 11.3 Å². The number of hydrogen-bond acceptors (Lipinski definition) is 5. The minimum absolute atomic E-state index is 0.226. The molecule has 0 radical (unpaired) electrons. The normalized spacial score (nSPS) is 22.4. The first kappa shape index (κ1) is 16.2. The molecule has 1 fully saturated rings. The van der Waals surface area contributed by atoms with Crippen molar-refractivity contribution < 1.29 is 9.47 Å². The third kappa shape index (κ3) is 3.34. The first-order valence-electron chi connectivity index (χ1n) is 8.48. The molecule has 124 valence electrons. The van der Waals surface area contributed by atoms with E-state index < -0.39 is 0 Å². The number of ether oxygens (including phenoxy) is 2. The minimum atomic E-state index is -0.239. The molecule has 1 N–H and O–H groups in total. The van der Waals surface area contributed by atoms with Crippen LogP contribution in [0.5, 0.6) is 0 Å². The van der Waals surface area contributed by atoms with Crippen LogP contribution in [0.2, 0.25) is 0 Å². The molecule has 0 spiro atoms. The molecule has 0 saturated carbocycles. The predicted molar refractivity (Wildman–Crippen MR) is 88.4 cm³/mol. The molecule has 2 aliphatic rings. The zero-order chi connectivity index (χ0) is 16.4. The molecule has 3 rings (SSSR count). The smallest absolute Gasteiger partial charge is 0.144 e. The van der Waals surface area contributed by atoms with E-state index in [9.17, 15) is 5.26 Å². The van der Waals surface area contributed by atoms with E-state index in [1.165, 1.54) is 0 Å². The molecule has 2 aliphatic heterocycles. The van der Waals surface area contributed by atoms with Crippen molar-refractivity contribution in [1.82, 2.24) is 4.98 Å². The number of anilines is 1. The van der Waals surface area contributed by atoms with Gasteiger partial charge in [-0.15, -0.1) is 0 Å². The Morgan fingerprint density at radius 2 is 2.22 bits per heavy atom. The summed E-state index contributed by atoms with van der Waals surface area (Å²) in [6, 6.07) is 2.37. The molecule has 5 heteroatoms. The van der Waals surface area contributed by atoms with E-state index in [0.717, 1.165) is 49.1 Å². The third-order valence-corrected chi connectivity index (χ3v) is 4.68. The van der Waals surface area contributed by atoms with Crippen molar-refractivity contribution in [2.45, 2.75) is 64.8 Å². The quantitative estimate of drug-likeness (QED) is 0.925. The van der Waals surface area contributed by atoms with Gasteiger partial charge in [-0.05, 0) is 38.7 Å². The summed E-state index contributed by atoms with van der Waals surface area (Å²) in [5.74, 6) is 0.705. The number of fused-ring (bicyclic) bond motifs is 1. The van der Waals surface area contributed by atoms with Crippen molar-refractivity contribution in [2.75, 3.05) is 18.5 Å². The fourth-order valence-electron chi connectivity index (χ4n) is 3.39. The first-order valence-corrected chi connectivity index (χ1v) is 8.48. The second-order valence-corrected chi connectivity index (χ2v) is 6.95.